The molecule has 2 aromatic carbocycles. The van der Waals surface area contributed by atoms with Gasteiger partial charge in [0.15, 0.2) is 0 Å². The van der Waals surface area contributed by atoms with Crippen molar-refractivity contribution < 1.29 is 0 Å². The van der Waals surface area contributed by atoms with Gasteiger partial charge < -0.3 is 4.57 Å². The number of thioether (sulfide) groups is 1. The van der Waals surface area contributed by atoms with E-state index in [4.69, 9.17) is 11.6 Å². The van der Waals surface area contributed by atoms with Crippen molar-refractivity contribution in [2.75, 3.05) is 13.1 Å². The molecule has 1 saturated heterocycles. The van der Waals surface area contributed by atoms with Crippen molar-refractivity contribution in [2.45, 2.75) is 36.5 Å². The fourth-order valence-electron chi connectivity index (χ4n) is 3.91. The van der Waals surface area contributed by atoms with Crippen LogP contribution >= 0.6 is 35.8 Å². The fourth-order valence-corrected chi connectivity index (χ4v) is 5.03. The van der Waals surface area contributed by atoms with Crippen molar-refractivity contribution in [2.24, 2.45) is 7.05 Å². The van der Waals surface area contributed by atoms with E-state index in [0.29, 0.717) is 0 Å². The fraction of sp³-hybridized carbons (Fsp3) is 0.364. The van der Waals surface area contributed by atoms with Crippen LogP contribution in [0.15, 0.2) is 53.4 Å². The smallest absolute Gasteiger partial charge is 0.0483 e. The minimum atomic E-state index is 0. The van der Waals surface area contributed by atoms with Crippen LogP contribution in [0.5, 0.6) is 0 Å². The van der Waals surface area contributed by atoms with Crippen LogP contribution < -0.4 is 0 Å². The summed E-state index contributed by atoms with van der Waals surface area (Å²) in [6, 6.07) is 17.0. The predicted molar refractivity (Wildman–Crippen MR) is 120 cm³/mol. The highest BCUT2D eigenvalue weighted by Gasteiger charge is 2.19. The largest absolute Gasteiger partial charge is 0.347 e. The Morgan fingerprint density at radius 3 is 2.41 bits per heavy atom. The second kappa shape index (κ2) is 9.38. The lowest BCUT2D eigenvalue weighted by atomic mass is 10.1. The van der Waals surface area contributed by atoms with Gasteiger partial charge >= 0.3 is 0 Å². The first kappa shape index (κ1) is 20.6. The van der Waals surface area contributed by atoms with E-state index in [1.807, 2.05) is 23.9 Å². The van der Waals surface area contributed by atoms with E-state index in [-0.39, 0.29) is 12.4 Å². The molecular weight excluding hydrogens is 395 g/mol. The summed E-state index contributed by atoms with van der Waals surface area (Å²) in [5.74, 6) is 0.982. The Bertz CT molecular complexity index is 883. The first-order valence-electron chi connectivity index (χ1n) is 9.38. The minimum Gasteiger partial charge on any atom is -0.347 e. The Hall–Kier alpha value is -1.13. The normalized spacial score (nSPS) is 15.0. The quantitative estimate of drug-likeness (QED) is 0.433. The molecule has 0 bridgehead atoms. The van der Waals surface area contributed by atoms with Crippen LogP contribution in [0, 0.1) is 0 Å². The lowest BCUT2D eigenvalue weighted by Gasteiger charge is -2.26. The number of halogens is 2. The molecule has 0 spiro atoms. The summed E-state index contributed by atoms with van der Waals surface area (Å²) in [5, 5.41) is 2.21. The number of benzene rings is 2. The number of piperidine rings is 1. The monoisotopic (exact) mass is 420 g/mol. The van der Waals surface area contributed by atoms with Crippen molar-refractivity contribution >= 4 is 46.7 Å². The highest BCUT2D eigenvalue weighted by atomic mass is 35.5. The molecule has 0 N–H and O–H groups in total. The van der Waals surface area contributed by atoms with Gasteiger partial charge in [-0.2, -0.15) is 0 Å². The summed E-state index contributed by atoms with van der Waals surface area (Å²) in [6.45, 7) is 3.53. The van der Waals surface area contributed by atoms with Crippen LogP contribution in [0.2, 0.25) is 5.02 Å². The third kappa shape index (κ3) is 4.65. The molecule has 1 aliphatic rings. The molecule has 1 fully saturated rings. The zero-order chi connectivity index (χ0) is 17.9. The molecule has 2 nitrogen and oxygen atoms in total. The summed E-state index contributed by atoms with van der Waals surface area (Å²) >= 11 is 7.91. The Morgan fingerprint density at radius 1 is 0.963 bits per heavy atom. The van der Waals surface area contributed by atoms with Gasteiger partial charge in [-0.25, -0.2) is 0 Å². The number of aromatic nitrogens is 1. The van der Waals surface area contributed by atoms with E-state index in [9.17, 15) is 0 Å². The van der Waals surface area contributed by atoms with E-state index in [0.717, 1.165) is 17.3 Å². The average molecular weight is 421 g/mol. The van der Waals surface area contributed by atoms with Gasteiger partial charge in [0.2, 0.25) is 0 Å². The van der Waals surface area contributed by atoms with Gasteiger partial charge in [0.25, 0.3) is 0 Å². The zero-order valence-electron chi connectivity index (χ0n) is 15.7. The standard InChI is InChI=1S/C22H25ClN2S.ClH/c1-24-21-8-4-3-7-19(21)20(15-25-13-5-2-6-14-25)22(24)16-26-18-11-9-17(23)10-12-18;/h3-4,7-12H,2,5-6,13-16H2,1H3;1H. The summed E-state index contributed by atoms with van der Waals surface area (Å²) in [7, 11) is 2.21. The van der Waals surface area contributed by atoms with Gasteiger partial charge in [-0.1, -0.05) is 36.2 Å². The van der Waals surface area contributed by atoms with Gasteiger partial charge in [0.1, 0.15) is 0 Å². The number of fused-ring (bicyclic) bond motifs is 1. The Kier molecular flexibility index (Phi) is 7.16. The highest BCUT2D eigenvalue weighted by Crippen LogP contribution is 2.32. The van der Waals surface area contributed by atoms with E-state index < -0.39 is 0 Å². The zero-order valence-corrected chi connectivity index (χ0v) is 18.0. The highest BCUT2D eigenvalue weighted by molar-refractivity contribution is 7.98. The molecule has 5 heteroatoms. The molecular formula is C22H26Cl2N2S. The number of para-hydroxylation sites is 1. The van der Waals surface area contributed by atoms with E-state index in [1.54, 1.807) is 0 Å². The van der Waals surface area contributed by atoms with Crippen molar-refractivity contribution in [3.63, 3.8) is 0 Å². The van der Waals surface area contributed by atoms with Crippen molar-refractivity contribution in [3.8, 4) is 0 Å². The maximum absolute atomic E-state index is 6.02. The number of rotatable bonds is 5. The number of nitrogens with zero attached hydrogens (tertiary/aromatic N) is 2. The third-order valence-corrected chi connectivity index (χ3v) is 6.64. The molecule has 4 rings (SSSR count). The van der Waals surface area contributed by atoms with Crippen LogP contribution in [-0.4, -0.2) is 22.6 Å². The van der Waals surface area contributed by atoms with Gasteiger partial charge in [0, 0.05) is 45.9 Å². The van der Waals surface area contributed by atoms with E-state index in [1.165, 1.54) is 59.4 Å². The summed E-state index contributed by atoms with van der Waals surface area (Å²) in [6.07, 6.45) is 4.05. The van der Waals surface area contributed by atoms with Crippen molar-refractivity contribution in [1.29, 1.82) is 0 Å². The Labute approximate surface area is 177 Å². The number of hydrogen-bond acceptors (Lipinski definition) is 2. The molecule has 0 unspecified atom stereocenters. The molecule has 0 radical (unpaired) electrons. The van der Waals surface area contributed by atoms with Crippen LogP contribution in [-0.2, 0) is 19.3 Å². The Morgan fingerprint density at radius 2 is 1.67 bits per heavy atom. The first-order chi connectivity index (χ1) is 12.7. The molecule has 3 aromatic rings. The second-order valence-corrected chi connectivity index (χ2v) is 8.57. The second-order valence-electron chi connectivity index (χ2n) is 7.08. The van der Waals surface area contributed by atoms with Crippen molar-refractivity contribution in [1.82, 2.24) is 9.47 Å². The average Bonchev–Trinajstić information content (AvgIpc) is 2.94. The molecule has 0 atom stereocenters. The summed E-state index contributed by atoms with van der Waals surface area (Å²) in [4.78, 5) is 3.89. The summed E-state index contributed by atoms with van der Waals surface area (Å²) in [5.41, 5.74) is 4.29. The molecule has 1 aliphatic heterocycles. The lowest BCUT2D eigenvalue weighted by molar-refractivity contribution is 0.221. The van der Waals surface area contributed by atoms with Gasteiger partial charge in [-0.15, -0.1) is 24.2 Å². The lowest BCUT2D eigenvalue weighted by Crippen LogP contribution is -2.29. The van der Waals surface area contributed by atoms with Crippen LogP contribution in [0.1, 0.15) is 30.5 Å². The van der Waals surface area contributed by atoms with E-state index in [2.05, 4.69) is 52.9 Å². The molecule has 0 amide bonds. The number of hydrogen-bond donors (Lipinski definition) is 0. The molecule has 0 aliphatic carbocycles. The van der Waals surface area contributed by atoms with Gasteiger partial charge in [-0.3, -0.25) is 4.90 Å². The number of aryl methyl sites for hydroxylation is 1. The third-order valence-electron chi connectivity index (χ3n) is 5.36. The maximum atomic E-state index is 6.02. The maximum Gasteiger partial charge on any atom is 0.0483 e. The molecule has 0 saturated carbocycles. The van der Waals surface area contributed by atoms with Crippen LogP contribution in [0.25, 0.3) is 10.9 Å². The summed E-state index contributed by atoms with van der Waals surface area (Å²) < 4.78 is 2.39. The SMILES string of the molecule is Cl.Cn1c(CSc2ccc(Cl)cc2)c(CN2CCCCC2)c2ccccc21. The molecule has 1 aromatic heterocycles. The first-order valence-corrected chi connectivity index (χ1v) is 10.7. The van der Waals surface area contributed by atoms with Gasteiger partial charge in [0.05, 0.1) is 0 Å². The van der Waals surface area contributed by atoms with E-state index >= 15 is 0 Å². The van der Waals surface area contributed by atoms with Crippen molar-refractivity contribution in [3.05, 3.63) is 64.8 Å². The predicted octanol–water partition coefficient (Wildman–Crippen LogP) is 6.53. The molecule has 2 heterocycles. The van der Waals surface area contributed by atoms with Crippen LogP contribution in [0.4, 0.5) is 0 Å². The minimum absolute atomic E-state index is 0. The topological polar surface area (TPSA) is 8.17 Å². The van der Waals surface area contributed by atoms with Gasteiger partial charge in [-0.05, 0) is 61.8 Å². The molecule has 144 valence electrons. The number of likely N-dealkylation sites (tertiary alicyclic amines) is 1. The molecule has 27 heavy (non-hydrogen) atoms. The van der Waals surface area contributed by atoms with Crippen LogP contribution in [0.3, 0.4) is 0 Å². The Balaban J connectivity index is 0.00000210.